The van der Waals surface area contributed by atoms with Crippen molar-refractivity contribution in [1.29, 1.82) is 0 Å². The van der Waals surface area contributed by atoms with Crippen LogP contribution in [0.3, 0.4) is 0 Å². The summed E-state index contributed by atoms with van der Waals surface area (Å²) in [6.45, 7) is 1.90. The lowest BCUT2D eigenvalue weighted by Gasteiger charge is -2.51. The molecule has 174 valence electrons. The van der Waals surface area contributed by atoms with E-state index in [4.69, 9.17) is 0 Å². The Morgan fingerprint density at radius 3 is 2.42 bits per heavy atom. The second-order valence-corrected chi connectivity index (χ2v) is 9.94. The molecule has 1 saturated heterocycles. The molecular formula is C28H34N2O3. The standard InChI is InChI=1S/C28H34N2O3/c1-29-27(15-6-5-12-25(27)32)23-19-20(13-14-24(23)31)22-11-7-16-28(26(22)33,30-17-8-18-30)21-9-3-2-4-10-21/h2-4,9-10,13-14,19,22,29,31H,5-8,11-12,15-18H2,1H3/t22?,27-,28-/m0/s1. The number of hydrogen-bond donors (Lipinski definition) is 2. The van der Waals surface area contributed by atoms with Gasteiger partial charge in [0.05, 0.1) is 0 Å². The van der Waals surface area contributed by atoms with Crippen molar-refractivity contribution in [1.82, 2.24) is 10.2 Å². The Balaban J connectivity index is 1.57. The fraction of sp³-hybridized carbons (Fsp3) is 0.500. The van der Waals surface area contributed by atoms with Gasteiger partial charge in [-0.3, -0.25) is 14.5 Å². The number of phenols is 1. The monoisotopic (exact) mass is 446 g/mol. The molecule has 3 fully saturated rings. The average molecular weight is 447 g/mol. The molecule has 3 atom stereocenters. The number of likely N-dealkylation sites (tertiary alicyclic amines) is 1. The number of benzene rings is 2. The van der Waals surface area contributed by atoms with Crippen LogP contribution in [-0.2, 0) is 20.7 Å². The minimum absolute atomic E-state index is 0.123. The summed E-state index contributed by atoms with van der Waals surface area (Å²) in [7, 11) is 1.80. The Kier molecular flexibility index (Phi) is 5.87. The highest BCUT2D eigenvalue weighted by atomic mass is 16.3. The van der Waals surface area contributed by atoms with Crippen LogP contribution in [0.5, 0.6) is 5.75 Å². The zero-order valence-electron chi connectivity index (χ0n) is 19.5. The van der Waals surface area contributed by atoms with Gasteiger partial charge in [0, 0.05) is 31.0 Å². The number of hydrogen-bond acceptors (Lipinski definition) is 5. The predicted molar refractivity (Wildman–Crippen MR) is 128 cm³/mol. The molecule has 2 saturated carbocycles. The quantitative estimate of drug-likeness (QED) is 0.713. The first kappa shape index (κ1) is 22.3. The van der Waals surface area contributed by atoms with Gasteiger partial charge < -0.3 is 10.4 Å². The molecule has 2 aliphatic carbocycles. The second kappa shape index (κ2) is 8.69. The number of carbonyl (C=O) groups is 2. The molecule has 5 rings (SSSR count). The van der Waals surface area contributed by atoms with Crippen molar-refractivity contribution in [2.45, 2.75) is 68.4 Å². The van der Waals surface area contributed by atoms with E-state index in [-0.39, 0.29) is 23.2 Å². The number of carbonyl (C=O) groups excluding carboxylic acids is 2. The van der Waals surface area contributed by atoms with Gasteiger partial charge in [0.15, 0.2) is 11.6 Å². The first-order valence-corrected chi connectivity index (χ1v) is 12.4. The molecule has 1 aliphatic heterocycles. The fourth-order valence-electron chi connectivity index (χ4n) is 6.44. The van der Waals surface area contributed by atoms with Gasteiger partial charge >= 0.3 is 0 Å². The second-order valence-electron chi connectivity index (χ2n) is 9.94. The Labute approximate surface area is 196 Å². The van der Waals surface area contributed by atoms with Crippen molar-refractivity contribution in [2.24, 2.45) is 0 Å². The normalized spacial score (nSPS) is 30.8. The molecule has 33 heavy (non-hydrogen) atoms. The molecule has 0 radical (unpaired) electrons. The van der Waals surface area contributed by atoms with E-state index in [1.807, 2.05) is 30.3 Å². The van der Waals surface area contributed by atoms with Crippen molar-refractivity contribution in [3.8, 4) is 5.75 Å². The van der Waals surface area contributed by atoms with Crippen molar-refractivity contribution in [3.63, 3.8) is 0 Å². The largest absolute Gasteiger partial charge is 0.508 e. The molecule has 2 aromatic rings. The van der Waals surface area contributed by atoms with E-state index in [1.54, 1.807) is 13.1 Å². The Hall–Kier alpha value is -2.50. The maximum absolute atomic E-state index is 14.3. The summed E-state index contributed by atoms with van der Waals surface area (Å²) < 4.78 is 0. The van der Waals surface area contributed by atoms with Crippen LogP contribution < -0.4 is 5.32 Å². The number of Topliss-reactive ketones (excluding diaryl/α,β-unsaturated/α-hetero) is 2. The van der Waals surface area contributed by atoms with Crippen LogP contribution in [0, 0.1) is 0 Å². The zero-order chi connectivity index (χ0) is 23.1. The van der Waals surface area contributed by atoms with Crippen LogP contribution in [-0.4, -0.2) is 41.7 Å². The third kappa shape index (κ3) is 3.44. The lowest BCUT2D eigenvalue weighted by atomic mass is 9.66. The molecular weight excluding hydrogens is 412 g/mol. The van der Waals surface area contributed by atoms with Crippen molar-refractivity contribution in [2.75, 3.05) is 20.1 Å². The van der Waals surface area contributed by atoms with Crippen molar-refractivity contribution in [3.05, 3.63) is 65.2 Å². The van der Waals surface area contributed by atoms with Crippen molar-refractivity contribution < 1.29 is 14.7 Å². The minimum atomic E-state index is -0.871. The van der Waals surface area contributed by atoms with Gasteiger partial charge in [-0.05, 0) is 68.8 Å². The van der Waals surface area contributed by atoms with E-state index in [0.29, 0.717) is 18.4 Å². The lowest BCUT2D eigenvalue weighted by molar-refractivity contribution is -0.140. The Bertz CT molecular complexity index is 1050. The predicted octanol–water partition coefficient (Wildman–Crippen LogP) is 4.39. The smallest absolute Gasteiger partial charge is 0.165 e. The summed E-state index contributed by atoms with van der Waals surface area (Å²) in [4.78, 5) is 29.7. The van der Waals surface area contributed by atoms with Crippen LogP contribution in [0.15, 0.2) is 48.5 Å². The SMILES string of the molecule is CN[C@]1(c2cc(C3CCC[C@@](c4ccccc4)(N4CCC4)C3=O)ccc2O)CCCCC1=O. The fourth-order valence-corrected chi connectivity index (χ4v) is 6.44. The highest BCUT2D eigenvalue weighted by molar-refractivity contribution is 5.96. The topological polar surface area (TPSA) is 69.6 Å². The van der Waals surface area contributed by atoms with Crippen LogP contribution in [0.25, 0.3) is 0 Å². The van der Waals surface area contributed by atoms with Crippen LogP contribution in [0.4, 0.5) is 0 Å². The molecule has 3 aliphatic rings. The number of ketones is 2. The summed E-state index contributed by atoms with van der Waals surface area (Å²) in [5.74, 6) is 0.262. The summed E-state index contributed by atoms with van der Waals surface area (Å²) in [6.07, 6.45) is 6.74. The molecule has 0 aromatic heterocycles. The molecule has 1 heterocycles. The highest BCUT2D eigenvalue weighted by Gasteiger charge is 2.52. The lowest BCUT2D eigenvalue weighted by Crippen LogP contribution is -2.60. The van der Waals surface area contributed by atoms with E-state index < -0.39 is 11.1 Å². The average Bonchev–Trinajstić information content (AvgIpc) is 2.81. The highest BCUT2D eigenvalue weighted by Crippen LogP contribution is 2.48. The molecule has 0 amide bonds. The molecule has 1 unspecified atom stereocenters. The van der Waals surface area contributed by atoms with Crippen LogP contribution in [0.1, 0.15) is 74.0 Å². The summed E-state index contributed by atoms with van der Waals surface area (Å²) in [5.41, 5.74) is 1.18. The molecule has 5 nitrogen and oxygen atoms in total. The van der Waals surface area contributed by atoms with Gasteiger partial charge in [0.1, 0.15) is 16.8 Å². The number of aromatic hydroxyl groups is 1. The van der Waals surface area contributed by atoms with E-state index in [9.17, 15) is 14.7 Å². The maximum atomic E-state index is 14.3. The molecule has 0 bridgehead atoms. The van der Waals surface area contributed by atoms with Gasteiger partial charge in [0.25, 0.3) is 0 Å². The first-order chi connectivity index (χ1) is 16.0. The third-order valence-electron chi connectivity index (χ3n) is 8.39. The minimum Gasteiger partial charge on any atom is -0.508 e. The van der Waals surface area contributed by atoms with Gasteiger partial charge in [-0.25, -0.2) is 0 Å². The van der Waals surface area contributed by atoms with E-state index in [0.717, 1.165) is 62.7 Å². The van der Waals surface area contributed by atoms with E-state index in [1.165, 1.54) is 0 Å². The van der Waals surface area contributed by atoms with Crippen molar-refractivity contribution >= 4 is 11.6 Å². The number of rotatable bonds is 5. The summed E-state index contributed by atoms with van der Waals surface area (Å²) in [6, 6.07) is 15.7. The zero-order valence-corrected chi connectivity index (χ0v) is 19.5. The van der Waals surface area contributed by atoms with E-state index >= 15 is 0 Å². The Morgan fingerprint density at radius 1 is 0.970 bits per heavy atom. The summed E-state index contributed by atoms with van der Waals surface area (Å²) >= 11 is 0. The van der Waals surface area contributed by atoms with E-state index in [2.05, 4.69) is 22.3 Å². The third-order valence-corrected chi connectivity index (χ3v) is 8.39. The number of phenolic OH excluding ortho intramolecular Hbond substituents is 1. The number of likely N-dealkylation sites (N-methyl/N-ethyl adjacent to an activating group) is 1. The molecule has 0 spiro atoms. The van der Waals surface area contributed by atoms with Crippen LogP contribution in [0.2, 0.25) is 0 Å². The Morgan fingerprint density at radius 2 is 1.76 bits per heavy atom. The van der Waals surface area contributed by atoms with Gasteiger partial charge in [-0.15, -0.1) is 0 Å². The maximum Gasteiger partial charge on any atom is 0.165 e. The van der Waals surface area contributed by atoms with Gasteiger partial charge in [-0.1, -0.05) is 42.8 Å². The first-order valence-electron chi connectivity index (χ1n) is 12.4. The van der Waals surface area contributed by atoms with Gasteiger partial charge in [-0.2, -0.15) is 0 Å². The van der Waals surface area contributed by atoms with Crippen LogP contribution >= 0.6 is 0 Å². The summed E-state index contributed by atoms with van der Waals surface area (Å²) in [5, 5.41) is 14.0. The molecule has 5 heteroatoms. The number of nitrogens with one attached hydrogen (secondary N) is 1. The molecule has 2 N–H and O–H groups in total. The number of nitrogens with zero attached hydrogens (tertiary/aromatic N) is 1. The molecule has 2 aromatic carbocycles. The van der Waals surface area contributed by atoms with Gasteiger partial charge in [0.2, 0.25) is 0 Å².